The third kappa shape index (κ3) is 9.13. The summed E-state index contributed by atoms with van der Waals surface area (Å²) in [6, 6.07) is 5.93. The molecule has 1 aromatic carbocycles. The van der Waals surface area contributed by atoms with Gasteiger partial charge in [-0.3, -0.25) is 38.4 Å². The molecular formula is C43H48F3N11O7S. The zero-order valence-electron chi connectivity index (χ0n) is 35.5. The SMILES string of the molecule is Cn1c(=O)n(C2CCC(=O)NC2=O)c2cccc(C#CCO[C@@H]3CCN(CC4CCC(n5cc(NC(=O)c6cnn7ccc(N8CCS(=O)(=O)CC8)nc67)c(C(F)F)n5)CC4)C[C@@H]3F)c21. The Morgan fingerprint density at radius 1 is 1.05 bits per heavy atom. The minimum atomic E-state index is -3.12. The number of sulfone groups is 1. The topological polar surface area (TPSA) is 200 Å². The summed E-state index contributed by atoms with van der Waals surface area (Å²) in [7, 11) is -1.52. The van der Waals surface area contributed by atoms with Crippen molar-refractivity contribution >= 4 is 55.7 Å². The van der Waals surface area contributed by atoms with Crippen molar-refractivity contribution in [1.82, 2.24) is 43.7 Å². The average Bonchev–Trinajstić information content (AvgIpc) is 3.97. The third-order valence-electron chi connectivity index (χ3n) is 13.0. The van der Waals surface area contributed by atoms with Gasteiger partial charge in [-0.05, 0) is 62.6 Å². The molecule has 3 atom stereocenters. The van der Waals surface area contributed by atoms with Crippen LogP contribution in [0.25, 0.3) is 16.7 Å². The number of hydrogen-bond donors (Lipinski definition) is 2. The van der Waals surface area contributed by atoms with Gasteiger partial charge in [-0.1, -0.05) is 17.9 Å². The number of piperidine rings is 2. The van der Waals surface area contributed by atoms with Gasteiger partial charge in [0.05, 0.1) is 52.1 Å². The van der Waals surface area contributed by atoms with Crippen LogP contribution in [0.2, 0.25) is 0 Å². The summed E-state index contributed by atoms with van der Waals surface area (Å²) in [5.41, 5.74) is 0.826. The van der Waals surface area contributed by atoms with Gasteiger partial charge in [0, 0.05) is 58.6 Å². The standard InChI is InChI=1S/C43H48F3N11O7S/c1-52-38-27(4-2-6-32(38)57(43(52)61)33-11-12-36(58)50-42(33)60)5-3-19-64-34-13-15-53(24-30(34)44)23-26-7-9-28(10-8-26)56-25-31(37(51-56)39(45)46)48-41(59)29-22-47-55-16-14-35(49-40(29)55)54-17-20-65(62,63)21-18-54/h2,4,6,14,16,22,25-26,28,30,33-34,39H,7-13,15,17-21,23-24H2,1H3,(H,48,59)(H,50,58,60)/t26?,28?,30-,33?,34+/m0/s1. The Morgan fingerprint density at radius 3 is 2.57 bits per heavy atom. The Morgan fingerprint density at radius 2 is 1.83 bits per heavy atom. The Hall–Kier alpha value is -6.05. The maximum Gasteiger partial charge on any atom is 0.329 e. The van der Waals surface area contributed by atoms with E-state index in [4.69, 9.17) is 4.74 Å². The summed E-state index contributed by atoms with van der Waals surface area (Å²) in [5, 5.41) is 13.3. The number of alkyl halides is 3. The summed E-state index contributed by atoms with van der Waals surface area (Å²) in [4.78, 5) is 59.5. The van der Waals surface area contributed by atoms with Crippen LogP contribution in [0.4, 0.5) is 24.7 Å². The van der Waals surface area contributed by atoms with Gasteiger partial charge in [0.15, 0.2) is 21.2 Å². The van der Waals surface area contributed by atoms with E-state index in [2.05, 4.69) is 42.6 Å². The fourth-order valence-electron chi connectivity index (χ4n) is 9.48. The lowest BCUT2D eigenvalue weighted by molar-refractivity contribution is -0.135. The van der Waals surface area contributed by atoms with Crippen molar-refractivity contribution in [2.75, 3.05) is 61.1 Å². The zero-order chi connectivity index (χ0) is 45.6. The number of benzene rings is 1. The van der Waals surface area contributed by atoms with Gasteiger partial charge >= 0.3 is 5.69 Å². The lowest BCUT2D eigenvalue weighted by Crippen LogP contribution is -2.47. The van der Waals surface area contributed by atoms with Crippen LogP contribution in [0, 0.1) is 17.8 Å². The Labute approximate surface area is 371 Å². The molecule has 344 valence electrons. The molecule has 9 rings (SSSR count). The first-order valence-corrected chi connectivity index (χ1v) is 23.5. The number of carbonyl (C=O) groups is 3. The number of likely N-dealkylation sites (tertiary alicyclic amines) is 1. The summed E-state index contributed by atoms with van der Waals surface area (Å²) in [6.45, 7) is 2.03. The molecule has 2 N–H and O–H groups in total. The minimum Gasteiger partial charge on any atom is -0.362 e. The van der Waals surface area contributed by atoms with Gasteiger partial charge in [0.2, 0.25) is 11.8 Å². The number of nitrogens with one attached hydrogen (secondary N) is 2. The monoisotopic (exact) mass is 919 g/mol. The molecule has 3 saturated heterocycles. The van der Waals surface area contributed by atoms with E-state index in [0.717, 1.165) is 12.8 Å². The van der Waals surface area contributed by atoms with E-state index >= 15 is 4.39 Å². The molecule has 22 heteroatoms. The highest BCUT2D eigenvalue weighted by atomic mass is 32.2. The fourth-order valence-corrected chi connectivity index (χ4v) is 10.7. The number of anilines is 2. The number of hydrogen-bond acceptors (Lipinski definition) is 12. The number of aromatic nitrogens is 7. The maximum absolute atomic E-state index is 15.5. The van der Waals surface area contributed by atoms with Gasteiger partial charge in [0.1, 0.15) is 30.2 Å². The molecular weight excluding hydrogens is 872 g/mol. The van der Waals surface area contributed by atoms with Crippen LogP contribution in [-0.4, -0.2) is 128 Å². The number of fused-ring (bicyclic) bond motifs is 2. The highest BCUT2D eigenvalue weighted by Crippen LogP contribution is 2.36. The number of carbonyl (C=O) groups excluding carboxylic acids is 3. The van der Waals surface area contributed by atoms with Crippen LogP contribution in [0.1, 0.15) is 85.1 Å². The molecule has 5 aromatic rings. The molecule has 0 bridgehead atoms. The van der Waals surface area contributed by atoms with Gasteiger partial charge in [0.25, 0.3) is 12.3 Å². The van der Waals surface area contributed by atoms with Crippen molar-refractivity contribution in [1.29, 1.82) is 0 Å². The molecule has 0 spiro atoms. The quantitative estimate of drug-likeness (QED) is 0.154. The second-order valence-corrected chi connectivity index (χ2v) is 19.5. The molecule has 1 aliphatic carbocycles. The number of imidazole rings is 1. The van der Waals surface area contributed by atoms with Gasteiger partial charge in [-0.2, -0.15) is 10.2 Å². The van der Waals surface area contributed by atoms with Crippen LogP contribution >= 0.6 is 0 Å². The van der Waals surface area contributed by atoms with Gasteiger partial charge in [-0.15, -0.1) is 0 Å². The summed E-state index contributed by atoms with van der Waals surface area (Å²) in [5.74, 6) is 5.17. The maximum atomic E-state index is 15.5. The first-order chi connectivity index (χ1) is 31.2. The molecule has 3 aliphatic heterocycles. The molecule has 4 fully saturated rings. The number of para-hydroxylation sites is 1. The van der Waals surface area contributed by atoms with Gasteiger partial charge in [-0.25, -0.2) is 35.9 Å². The predicted molar refractivity (Wildman–Crippen MR) is 231 cm³/mol. The predicted octanol–water partition coefficient (Wildman–Crippen LogP) is 3.19. The number of halogens is 3. The summed E-state index contributed by atoms with van der Waals surface area (Å²) >= 11 is 0. The molecule has 0 radical (unpaired) electrons. The van der Waals surface area contributed by atoms with Crippen molar-refractivity contribution in [3.8, 4) is 11.8 Å². The number of nitrogens with zero attached hydrogens (tertiary/aromatic N) is 9. The Balaban J connectivity index is 0.762. The lowest BCUT2D eigenvalue weighted by atomic mass is 9.85. The summed E-state index contributed by atoms with van der Waals surface area (Å²) < 4.78 is 79.5. The largest absolute Gasteiger partial charge is 0.362 e. The molecule has 1 unspecified atom stereocenters. The molecule has 4 aromatic heterocycles. The molecule has 65 heavy (non-hydrogen) atoms. The van der Waals surface area contributed by atoms with Crippen molar-refractivity contribution < 1.29 is 40.7 Å². The second-order valence-electron chi connectivity index (χ2n) is 17.2. The minimum absolute atomic E-state index is 0.00872. The first kappa shape index (κ1) is 44.2. The van der Waals surface area contributed by atoms with Gasteiger partial charge < -0.3 is 15.0 Å². The van der Waals surface area contributed by atoms with Crippen LogP contribution in [0.3, 0.4) is 0 Å². The van der Waals surface area contributed by atoms with Crippen LogP contribution < -0.4 is 21.2 Å². The van der Waals surface area contributed by atoms with Crippen LogP contribution in [0.15, 0.2) is 47.7 Å². The van der Waals surface area contributed by atoms with E-state index in [1.54, 1.807) is 37.5 Å². The van der Waals surface area contributed by atoms with E-state index in [0.29, 0.717) is 54.8 Å². The molecule has 7 heterocycles. The summed E-state index contributed by atoms with van der Waals surface area (Å²) in [6.07, 6.45) is 3.28. The number of ether oxygens (including phenoxy) is 1. The van der Waals surface area contributed by atoms with E-state index in [-0.39, 0.29) is 85.4 Å². The third-order valence-corrected chi connectivity index (χ3v) is 14.6. The second kappa shape index (κ2) is 18.1. The van der Waals surface area contributed by atoms with Crippen LogP contribution in [0.5, 0.6) is 0 Å². The van der Waals surface area contributed by atoms with Crippen molar-refractivity contribution in [3.63, 3.8) is 0 Å². The van der Waals surface area contributed by atoms with E-state index in [9.17, 15) is 36.4 Å². The van der Waals surface area contributed by atoms with E-state index < -0.39 is 57.8 Å². The van der Waals surface area contributed by atoms with Crippen molar-refractivity contribution in [3.05, 3.63) is 70.2 Å². The first-order valence-electron chi connectivity index (χ1n) is 21.7. The number of rotatable bonds is 10. The molecule has 1 saturated carbocycles. The van der Waals surface area contributed by atoms with E-state index in [1.165, 1.54) is 30.7 Å². The van der Waals surface area contributed by atoms with Crippen molar-refractivity contribution in [2.45, 2.75) is 75.7 Å². The molecule has 3 amide bonds. The highest BCUT2D eigenvalue weighted by Gasteiger charge is 2.34. The lowest BCUT2D eigenvalue weighted by Gasteiger charge is -2.38. The number of amides is 3. The van der Waals surface area contributed by atoms with Crippen molar-refractivity contribution in [2.24, 2.45) is 13.0 Å². The normalized spacial score (nSPS) is 24.0. The Bertz CT molecular complexity index is 2880. The fraction of sp³-hybridized carbons (Fsp3) is 0.512. The Kier molecular flexibility index (Phi) is 12.3. The number of imide groups is 1. The molecule has 4 aliphatic rings. The smallest absolute Gasteiger partial charge is 0.329 e. The zero-order valence-corrected chi connectivity index (χ0v) is 36.4. The number of aryl methyl sites for hydroxylation is 1. The highest BCUT2D eigenvalue weighted by molar-refractivity contribution is 7.91. The van der Waals surface area contributed by atoms with E-state index in [1.807, 2.05) is 4.90 Å². The van der Waals surface area contributed by atoms with Crippen LogP contribution in [-0.2, 0) is 31.2 Å². The average molecular weight is 920 g/mol. The molecule has 18 nitrogen and oxygen atoms in total.